The standard InChI is InChI=1S/C13H16ClNO3/c1-15(8-10-3-2-6-18-10)13(17)11-5-4-9(14)7-12(11)16/h4-5,7,10,16H,2-3,6,8H2,1H3. The van der Waals surface area contributed by atoms with E-state index in [0.29, 0.717) is 11.6 Å². The molecule has 0 aromatic heterocycles. The smallest absolute Gasteiger partial charge is 0.257 e. The lowest BCUT2D eigenvalue weighted by Crippen LogP contribution is -2.34. The molecule has 0 spiro atoms. The molecule has 18 heavy (non-hydrogen) atoms. The van der Waals surface area contributed by atoms with Crippen LogP contribution in [-0.4, -0.2) is 42.2 Å². The number of halogens is 1. The second-order valence-corrected chi connectivity index (χ2v) is 4.92. The van der Waals surface area contributed by atoms with Crippen LogP contribution in [0.4, 0.5) is 0 Å². The number of aromatic hydroxyl groups is 1. The van der Waals surface area contributed by atoms with Crippen LogP contribution < -0.4 is 0 Å². The van der Waals surface area contributed by atoms with Crippen LogP contribution in [0.3, 0.4) is 0 Å². The van der Waals surface area contributed by atoms with Gasteiger partial charge in [0.05, 0.1) is 11.7 Å². The van der Waals surface area contributed by atoms with Crippen molar-refractivity contribution >= 4 is 17.5 Å². The zero-order chi connectivity index (χ0) is 13.1. The monoisotopic (exact) mass is 269 g/mol. The molecule has 1 atom stereocenters. The number of benzene rings is 1. The molecule has 1 aliphatic rings. The Bertz CT molecular complexity index is 444. The van der Waals surface area contributed by atoms with Crippen molar-refractivity contribution in [3.63, 3.8) is 0 Å². The fourth-order valence-electron chi connectivity index (χ4n) is 2.07. The molecule has 1 aromatic rings. The first-order chi connectivity index (χ1) is 8.58. The molecular weight excluding hydrogens is 254 g/mol. The van der Waals surface area contributed by atoms with Gasteiger partial charge in [0.25, 0.3) is 5.91 Å². The van der Waals surface area contributed by atoms with Gasteiger partial charge in [-0.3, -0.25) is 4.79 Å². The minimum atomic E-state index is -0.223. The summed E-state index contributed by atoms with van der Waals surface area (Å²) >= 11 is 5.73. The lowest BCUT2D eigenvalue weighted by atomic mass is 10.1. The maximum absolute atomic E-state index is 12.1. The molecule has 1 amide bonds. The molecule has 1 N–H and O–H groups in total. The molecule has 1 aromatic carbocycles. The molecule has 0 bridgehead atoms. The van der Waals surface area contributed by atoms with Crippen molar-refractivity contribution in [3.05, 3.63) is 28.8 Å². The van der Waals surface area contributed by atoms with Gasteiger partial charge in [-0.2, -0.15) is 0 Å². The van der Waals surface area contributed by atoms with E-state index >= 15 is 0 Å². The van der Waals surface area contributed by atoms with Gasteiger partial charge in [0.1, 0.15) is 5.75 Å². The van der Waals surface area contributed by atoms with Gasteiger partial charge >= 0.3 is 0 Å². The third kappa shape index (κ3) is 2.94. The Morgan fingerprint density at radius 1 is 1.61 bits per heavy atom. The summed E-state index contributed by atoms with van der Waals surface area (Å²) in [7, 11) is 1.71. The van der Waals surface area contributed by atoms with Crippen LogP contribution in [0.2, 0.25) is 5.02 Å². The van der Waals surface area contributed by atoms with E-state index in [2.05, 4.69) is 0 Å². The van der Waals surface area contributed by atoms with Gasteiger partial charge in [-0.05, 0) is 31.0 Å². The summed E-state index contributed by atoms with van der Waals surface area (Å²) in [4.78, 5) is 13.7. The number of phenolic OH excluding ortho intramolecular Hbond substituents is 1. The van der Waals surface area contributed by atoms with E-state index < -0.39 is 0 Å². The maximum Gasteiger partial charge on any atom is 0.257 e. The third-order valence-corrected chi connectivity index (χ3v) is 3.27. The van der Waals surface area contributed by atoms with E-state index in [4.69, 9.17) is 16.3 Å². The highest BCUT2D eigenvalue weighted by molar-refractivity contribution is 6.30. The Morgan fingerprint density at radius 3 is 3.00 bits per heavy atom. The van der Waals surface area contributed by atoms with E-state index in [9.17, 15) is 9.90 Å². The average molecular weight is 270 g/mol. The molecule has 98 valence electrons. The van der Waals surface area contributed by atoms with Gasteiger partial charge in [0.15, 0.2) is 0 Å². The Labute approximate surface area is 111 Å². The second kappa shape index (κ2) is 5.59. The summed E-state index contributed by atoms with van der Waals surface area (Å²) in [5.74, 6) is -0.314. The Kier molecular flexibility index (Phi) is 4.09. The Hall–Kier alpha value is -1.26. The van der Waals surface area contributed by atoms with Crippen molar-refractivity contribution in [2.24, 2.45) is 0 Å². The molecule has 1 aliphatic heterocycles. The van der Waals surface area contributed by atoms with E-state index in [1.165, 1.54) is 12.1 Å². The van der Waals surface area contributed by atoms with Crippen molar-refractivity contribution in [1.29, 1.82) is 0 Å². The number of carbonyl (C=O) groups excluding carboxylic acids is 1. The minimum absolute atomic E-state index is 0.0910. The summed E-state index contributed by atoms with van der Waals surface area (Å²) in [5.41, 5.74) is 0.264. The third-order valence-electron chi connectivity index (χ3n) is 3.04. The first-order valence-corrected chi connectivity index (χ1v) is 6.31. The van der Waals surface area contributed by atoms with Crippen molar-refractivity contribution in [3.8, 4) is 5.75 Å². The molecule has 1 unspecified atom stereocenters. The lowest BCUT2D eigenvalue weighted by molar-refractivity contribution is 0.0585. The fourth-order valence-corrected chi connectivity index (χ4v) is 2.23. The quantitative estimate of drug-likeness (QED) is 0.916. The number of rotatable bonds is 3. The topological polar surface area (TPSA) is 49.8 Å². The second-order valence-electron chi connectivity index (χ2n) is 4.48. The highest BCUT2D eigenvalue weighted by Gasteiger charge is 2.22. The Balaban J connectivity index is 2.05. The predicted molar refractivity (Wildman–Crippen MR) is 69.1 cm³/mol. The minimum Gasteiger partial charge on any atom is -0.507 e. The van der Waals surface area contributed by atoms with Crippen molar-refractivity contribution in [1.82, 2.24) is 4.90 Å². The van der Waals surface area contributed by atoms with Crippen LogP contribution >= 0.6 is 11.6 Å². The molecule has 0 aliphatic carbocycles. The van der Waals surface area contributed by atoms with Crippen LogP contribution in [0.1, 0.15) is 23.2 Å². The zero-order valence-electron chi connectivity index (χ0n) is 10.2. The van der Waals surface area contributed by atoms with Crippen LogP contribution in [-0.2, 0) is 4.74 Å². The van der Waals surface area contributed by atoms with Gasteiger partial charge in [0, 0.05) is 25.2 Å². The first-order valence-electron chi connectivity index (χ1n) is 5.93. The number of carbonyl (C=O) groups is 1. The number of hydrogen-bond donors (Lipinski definition) is 1. The van der Waals surface area contributed by atoms with Crippen molar-refractivity contribution < 1.29 is 14.6 Å². The maximum atomic E-state index is 12.1. The van der Waals surface area contributed by atoms with Gasteiger partial charge in [0.2, 0.25) is 0 Å². The van der Waals surface area contributed by atoms with Gasteiger partial charge < -0.3 is 14.7 Å². The predicted octanol–water partition coefficient (Wildman–Crippen LogP) is 2.30. The largest absolute Gasteiger partial charge is 0.507 e. The Morgan fingerprint density at radius 2 is 2.39 bits per heavy atom. The number of ether oxygens (including phenoxy) is 1. The lowest BCUT2D eigenvalue weighted by Gasteiger charge is -2.21. The highest BCUT2D eigenvalue weighted by atomic mass is 35.5. The average Bonchev–Trinajstić information content (AvgIpc) is 2.81. The summed E-state index contributed by atoms with van der Waals surface area (Å²) in [6.07, 6.45) is 2.12. The fraction of sp³-hybridized carbons (Fsp3) is 0.462. The molecule has 0 saturated carbocycles. The number of hydrogen-bond acceptors (Lipinski definition) is 3. The zero-order valence-corrected chi connectivity index (χ0v) is 11.0. The van der Waals surface area contributed by atoms with Gasteiger partial charge in [-0.25, -0.2) is 0 Å². The SMILES string of the molecule is CN(CC1CCCO1)C(=O)c1ccc(Cl)cc1O. The van der Waals surface area contributed by atoms with Crippen LogP contribution in [0.5, 0.6) is 5.75 Å². The normalized spacial score (nSPS) is 18.9. The van der Waals surface area contributed by atoms with E-state index in [0.717, 1.165) is 19.4 Å². The summed E-state index contributed by atoms with van der Waals surface area (Å²) in [6.45, 7) is 1.31. The van der Waals surface area contributed by atoms with Crippen LogP contribution in [0.15, 0.2) is 18.2 Å². The molecule has 5 heteroatoms. The molecule has 0 radical (unpaired) electrons. The van der Waals surface area contributed by atoms with E-state index in [1.54, 1.807) is 18.0 Å². The van der Waals surface area contributed by atoms with Crippen LogP contribution in [0.25, 0.3) is 0 Å². The molecular formula is C13H16ClNO3. The highest BCUT2D eigenvalue weighted by Crippen LogP contribution is 2.23. The van der Waals surface area contributed by atoms with Gasteiger partial charge in [-0.15, -0.1) is 0 Å². The molecule has 2 rings (SSSR count). The molecule has 4 nitrogen and oxygen atoms in total. The number of likely N-dealkylation sites (N-methyl/N-ethyl adjacent to an activating group) is 1. The number of phenols is 1. The van der Waals surface area contributed by atoms with Crippen molar-refractivity contribution in [2.75, 3.05) is 20.2 Å². The van der Waals surface area contributed by atoms with E-state index in [-0.39, 0.29) is 23.3 Å². The summed E-state index contributed by atoms with van der Waals surface area (Å²) in [6, 6.07) is 4.50. The summed E-state index contributed by atoms with van der Waals surface area (Å²) < 4.78 is 5.48. The van der Waals surface area contributed by atoms with Gasteiger partial charge in [-0.1, -0.05) is 11.6 Å². The van der Waals surface area contributed by atoms with Crippen molar-refractivity contribution in [2.45, 2.75) is 18.9 Å². The molecule has 1 fully saturated rings. The molecule has 1 heterocycles. The van der Waals surface area contributed by atoms with E-state index in [1.807, 2.05) is 0 Å². The molecule has 1 saturated heterocycles. The first kappa shape index (κ1) is 13.2. The van der Waals surface area contributed by atoms with Crippen LogP contribution in [0, 0.1) is 0 Å². The number of nitrogens with zero attached hydrogens (tertiary/aromatic N) is 1. The summed E-state index contributed by atoms with van der Waals surface area (Å²) in [5, 5.41) is 10.1. The number of amides is 1.